The minimum absolute atomic E-state index is 0.390. The highest BCUT2D eigenvalue weighted by molar-refractivity contribution is 5.28. The van der Waals surface area contributed by atoms with Gasteiger partial charge in [0.1, 0.15) is 0 Å². The van der Waals surface area contributed by atoms with Gasteiger partial charge in [-0.2, -0.15) is 0 Å². The van der Waals surface area contributed by atoms with E-state index in [0.717, 1.165) is 45.3 Å². The Balaban J connectivity index is 1.65. The van der Waals surface area contributed by atoms with Gasteiger partial charge in [0.05, 0.1) is 5.60 Å². The number of β-amino-alcohol motifs (C(OH)–C–C–N with tert-alkyl or cyclic N) is 1. The summed E-state index contributed by atoms with van der Waals surface area (Å²) in [7, 11) is 0. The topological polar surface area (TPSA) is 49.5 Å². The third-order valence-electron chi connectivity index (χ3n) is 4.70. The molecular formula is C16H24N2O. The molecule has 0 amide bonds. The molecule has 1 saturated carbocycles. The Morgan fingerprint density at radius 3 is 2.21 bits per heavy atom. The van der Waals surface area contributed by atoms with Gasteiger partial charge in [0.15, 0.2) is 0 Å². The normalized spacial score (nSPS) is 23.5. The largest absolute Gasteiger partial charge is 0.387 e. The Labute approximate surface area is 115 Å². The van der Waals surface area contributed by atoms with Crippen molar-refractivity contribution >= 4 is 0 Å². The van der Waals surface area contributed by atoms with Crippen LogP contribution in [0.2, 0.25) is 0 Å². The molecule has 1 atom stereocenters. The van der Waals surface area contributed by atoms with Crippen LogP contribution in [0.4, 0.5) is 0 Å². The molecule has 1 aromatic carbocycles. The van der Waals surface area contributed by atoms with Gasteiger partial charge in [-0.05, 0) is 42.7 Å². The molecule has 1 aliphatic carbocycles. The fraction of sp³-hybridized carbons (Fsp3) is 0.625. The Morgan fingerprint density at radius 1 is 1.16 bits per heavy atom. The lowest BCUT2D eigenvalue weighted by molar-refractivity contribution is -0.00728. The lowest BCUT2D eigenvalue weighted by atomic mass is 9.97. The molecule has 0 saturated heterocycles. The van der Waals surface area contributed by atoms with Crippen LogP contribution in [-0.4, -0.2) is 41.8 Å². The molecule has 1 heterocycles. The number of fused-ring (bicyclic) bond motifs is 1. The summed E-state index contributed by atoms with van der Waals surface area (Å²) in [6.07, 6.45) is 4.45. The lowest BCUT2D eigenvalue weighted by Crippen LogP contribution is -2.50. The van der Waals surface area contributed by atoms with Crippen LogP contribution in [0.3, 0.4) is 0 Å². The molecule has 0 bridgehead atoms. The Hall–Kier alpha value is -0.900. The number of hydrogen-bond donors (Lipinski definition) is 2. The van der Waals surface area contributed by atoms with E-state index in [9.17, 15) is 5.11 Å². The van der Waals surface area contributed by atoms with Crippen LogP contribution in [0.15, 0.2) is 24.3 Å². The predicted molar refractivity (Wildman–Crippen MR) is 77.0 cm³/mol. The molecule has 3 nitrogen and oxygen atoms in total. The van der Waals surface area contributed by atoms with E-state index in [2.05, 4.69) is 29.2 Å². The number of hydrogen-bond acceptors (Lipinski definition) is 3. The van der Waals surface area contributed by atoms with Crippen molar-refractivity contribution in [3.8, 4) is 0 Å². The number of aliphatic hydroxyl groups is 1. The highest BCUT2D eigenvalue weighted by atomic mass is 16.3. The number of rotatable bonds is 4. The predicted octanol–water partition coefficient (Wildman–Crippen LogP) is 1.19. The van der Waals surface area contributed by atoms with E-state index < -0.39 is 5.60 Å². The Bertz CT molecular complexity index is 417. The summed E-state index contributed by atoms with van der Waals surface area (Å²) < 4.78 is 0. The maximum Gasteiger partial charge on any atom is 0.0923 e. The van der Waals surface area contributed by atoms with Crippen LogP contribution in [0.1, 0.15) is 24.0 Å². The van der Waals surface area contributed by atoms with Crippen LogP contribution in [0, 0.1) is 5.92 Å². The zero-order chi connectivity index (χ0) is 13.3. The van der Waals surface area contributed by atoms with E-state index in [0.29, 0.717) is 12.5 Å². The van der Waals surface area contributed by atoms with Gasteiger partial charge in [-0.3, -0.25) is 4.90 Å². The Morgan fingerprint density at radius 2 is 1.74 bits per heavy atom. The molecule has 1 unspecified atom stereocenters. The third kappa shape index (κ3) is 2.83. The summed E-state index contributed by atoms with van der Waals surface area (Å²) in [5.74, 6) is 0.433. The fourth-order valence-electron chi connectivity index (χ4n) is 3.24. The van der Waals surface area contributed by atoms with Crippen molar-refractivity contribution in [2.45, 2.75) is 31.3 Å². The van der Waals surface area contributed by atoms with Crippen LogP contribution < -0.4 is 5.73 Å². The van der Waals surface area contributed by atoms with Crippen LogP contribution in [-0.2, 0) is 12.8 Å². The van der Waals surface area contributed by atoms with E-state index in [1.807, 2.05) is 0 Å². The van der Waals surface area contributed by atoms with Crippen LogP contribution >= 0.6 is 0 Å². The molecule has 1 fully saturated rings. The second kappa shape index (κ2) is 5.23. The van der Waals surface area contributed by atoms with Gasteiger partial charge in [-0.15, -0.1) is 0 Å². The van der Waals surface area contributed by atoms with Crippen molar-refractivity contribution in [3.05, 3.63) is 35.4 Å². The molecule has 3 heteroatoms. The second-order valence-electron chi connectivity index (χ2n) is 6.13. The van der Waals surface area contributed by atoms with Gasteiger partial charge in [-0.1, -0.05) is 24.3 Å². The third-order valence-corrected chi connectivity index (χ3v) is 4.70. The Kier molecular flexibility index (Phi) is 3.61. The van der Waals surface area contributed by atoms with Gasteiger partial charge >= 0.3 is 0 Å². The lowest BCUT2D eigenvalue weighted by Gasteiger charge is -2.33. The summed E-state index contributed by atoms with van der Waals surface area (Å²) in [6.45, 7) is 3.20. The first-order chi connectivity index (χ1) is 9.21. The van der Waals surface area contributed by atoms with E-state index >= 15 is 0 Å². The standard InChI is InChI=1S/C16H24N2O/c17-11-16(19,15-5-6-15)12-18-9-7-13-3-1-2-4-14(13)8-10-18/h1-4,15,19H,5-12,17H2. The summed E-state index contributed by atoms with van der Waals surface area (Å²) in [4.78, 5) is 2.39. The number of benzene rings is 1. The monoisotopic (exact) mass is 260 g/mol. The van der Waals surface area contributed by atoms with Gasteiger partial charge in [0, 0.05) is 26.2 Å². The number of nitrogens with two attached hydrogens (primary N) is 1. The zero-order valence-electron chi connectivity index (χ0n) is 11.5. The van der Waals surface area contributed by atoms with Crippen molar-refractivity contribution in [2.75, 3.05) is 26.2 Å². The molecule has 1 aliphatic heterocycles. The SMILES string of the molecule is NCC(O)(CN1CCc2ccccc2CC1)C1CC1. The summed E-state index contributed by atoms with van der Waals surface area (Å²) in [5.41, 5.74) is 8.09. The maximum atomic E-state index is 10.7. The average Bonchev–Trinajstić information content (AvgIpc) is 3.26. The highest BCUT2D eigenvalue weighted by Gasteiger charge is 2.43. The zero-order valence-corrected chi connectivity index (χ0v) is 11.5. The van der Waals surface area contributed by atoms with Gasteiger partial charge in [0.2, 0.25) is 0 Å². The summed E-state index contributed by atoms with van der Waals surface area (Å²) in [6, 6.07) is 8.70. The van der Waals surface area contributed by atoms with Crippen molar-refractivity contribution in [1.82, 2.24) is 4.90 Å². The van der Waals surface area contributed by atoms with Crippen molar-refractivity contribution < 1.29 is 5.11 Å². The van der Waals surface area contributed by atoms with Crippen LogP contribution in [0.25, 0.3) is 0 Å². The molecule has 104 valence electrons. The summed E-state index contributed by atoms with van der Waals surface area (Å²) in [5, 5.41) is 10.7. The first-order valence-corrected chi connectivity index (χ1v) is 7.43. The highest BCUT2D eigenvalue weighted by Crippen LogP contribution is 2.39. The van der Waals surface area contributed by atoms with Crippen molar-refractivity contribution in [3.63, 3.8) is 0 Å². The molecular weight excluding hydrogens is 236 g/mol. The van der Waals surface area contributed by atoms with Gasteiger partial charge < -0.3 is 10.8 Å². The first kappa shape index (κ1) is 13.1. The molecule has 0 radical (unpaired) electrons. The molecule has 0 spiro atoms. The molecule has 0 aromatic heterocycles. The van der Waals surface area contributed by atoms with Gasteiger partial charge in [-0.25, -0.2) is 0 Å². The minimum atomic E-state index is -0.656. The molecule has 19 heavy (non-hydrogen) atoms. The number of nitrogens with zero attached hydrogens (tertiary/aromatic N) is 1. The van der Waals surface area contributed by atoms with Crippen molar-refractivity contribution in [1.29, 1.82) is 0 Å². The van der Waals surface area contributed by atoms with Gasteiger partial charge in [0.25, 0.3) is 0 Å². The fourth-order valence-corrected chi connectivity index (χ4v) is 3.24. The van der Waals surface area contributed by atoms with E-state index in [1.165, 1.54) is 11.1 Å². The van der Waals surface area contributed by atoms with Crippen molar-refractivity contribution in [2.24, 2.45) is 11.7 Å². The average molecular weight is 260 g/mol. The summed E-state index contributed by atoms with van der Waals surface area (Å²) >= 11 is 0. The second-order valence-corrected chi connectivity index (χ2v) is 6.13. The van der Waals surface area contributed by atoms with E-state index in [1.54, 1.807) is 0 Å². The molecule has 3 N–H and O–H groups in total. The maximum absolute atomic E-state index is 10.7. The van der Waals surface area contributed by atoms with Crippen LogP contribution in [0.5, 0.6) is 0 Å². The molecule has 1 aromatic rings. The van der Waals surface area contributed by atoms with E-state index in [-0.39, 0.29) is 0 Å². The first-order valence-electron chi connectivity index (χ1n) is 7.43. The quantitative estimate of drug-likeness (QED) is 0.855. The smallest absolute Gasteiger partial charge is 0.0923 e. The minimum Gasteiger partial charge on any atom is -0.387 e. The molecule has 3 rings (SSSR count). The van der Waals surface area contributed by atoms with E-state index in [4.69, 9.17) is 5.73 Å². The molecule has 2 aliphatic rings.